The van der Waals surface area contributed by atoms with E-state index in [1.807, 2.05) is 44.2 Å². The van der Waals surface area contributed by atoms with Crippen molar-refractivity contribution in [2.24, 2.45) is 0 Å². The highest BCUT2D eigenvalue weighted by molar-refractivity contribution is 7.18. The summed E-state index contributed by atoms with van der Waals surface area (Å²) in [5, 5.41) is 0.845. The molecule has 0 N–H and O–H groups in total. The van der Waals surface area contributed by atoms with Crippen molar-refractivity contribution >= 4 is 27.3 Å². The molecule has 0 fully saturated rings. The third-order valence-electron chi connectivity index (χ3n) is 3.13. The standard InChI is InChI=1S/C16H14N2OS/c1-10-7-11(2)16(17-9-10)13(19)8-15-18-12-5-3-4-6-14(12)20-15/h3-7,9H,8H2,1-2H3. The molecule has 2 aromatic heterocycles. The van der Waals surface area contributed by atoms with Gasteiger partial charge in [-0.05, 0) is 37.1 Å². The highest BCUT2D eigenvalue weighted by atomic mass is 32.1. The number of aromatic nitrogens is 2. The minimum atomic E-state index is 0.0292. The molecule has 20 heavy (non-hydrogen) atoms. The molecule has 3 aromatic rings. The lowest BCUT2D eigenvalue weighted by Gasteiger charge is -2.03. The van der Waals surface area contributed by atoms with Crippen molar-refractivity contribution in [1.29, 1.82) is 0 Å². The predicted octanol–water partition coefficient (Wildman–Crippen LogP) is 3.73. The van der Waals surface area contributed by atoms with E-state index in [0.717, 1.165) is 26.4 Å². The van der Waals surface area contributed by atoms with Crippen molar-refractivity contribution in [2.45, 2.75) is 20.3 Å². The second-order valence-electron chi connectivity index (χ2n) is 4.85. The number of hydrogen-bond donors (Lipinski definition) is 0. The summed E-state index contributed by atoms with van der Waals surface area (Å²) in [7, 11) is 0. The van der Waals surface area contributed by atoms with Crippen LogP contribution < -0.4 is 0 Å². The first-order chi connectivity index (χ1) is 9.63. The third-order valence-corrected chi connectivity index (χ3v) is 4.17. The molecule has 0 saturated heterocycles. The van der Waals surface area contributed by atoms with E-state index < -0.39 is 0 Å². The summed E-state index contributed by atoms with van der Waals surface area (Å²) in [4.78, 5) is 21.1. The minimum Gasteiger partial charge on any atom is -0.292 e. The van der Waals surface area contributed by atoms with Gasteiger partial charge in [0.25, 0.3) is 0 Å². The molecule has 3 nitrogen and oxygen atoms in total. The Bertz CT molecular complexity index is 759. The van der Waals surface area contributed by atoms with Gasteiger partial charge in [-0.1, -0.05) is 18.2 Å². The first kappa shape index (κ1) is 12.9. The van der Waals surface area contributed by atoms with Gasteiger partial charge in [-0.15, -0.1) is 11.3 Å². The minimum absolute atomic E-state index is 0.0292. The number of thiazole rings is 1. The van der Waals surface area contributed by atoms with E-state index in [9.17, 15) is 4.79 Å². The first-order valence-corrected chi connectivity index (χ1v) is 7.26. The number of aryl methyl sites for hydroxylation is 2. The van der Waals surface area contributed by atoms with Crippen molar-refractivity contribution in [3.8, 4) is 0 Å². The molecule has 0 bridgehead atoms. The molecule has 4 heteroatoms. The number of Topliss-reactive ketones (excluding diaryl/α,β-unsaturated/α-hetero) is 1. The Hall–Kier alpha value is -2.07. The van der Waals surface area contributed by atoms with Gasteiger partial charge < -0.3 is 0 Å². The summed E-state index contributed by atoms with van der Waals surface area (Å²) in [6, 6.07) is 9.92. The maximum Gasteiger partial charge on any atom is 0.188 e. The molecular formula is C16H14N2OS. The lowest BCUT2D eigenvalue weighted by Crippen LogP contribution is -2.08. The summed E-state index contributed by atoms with van der Waals surface area (Å²) in [6.07, 6.45) is 2.05. The van der Waals surface area contributed by atoms with Crippen LogP contribution in [0.15, 0.2) is 36.5 Å². The Morgan fingerprint density at radius 2 is 2.05 bits per heavy atom. The average molecular weight is 282 g/mol. The maximum atomic E-state index is 12.3. The van der Waals surface area contributed by atoms with Gasteiger partial charge in [0.05, 0.1) is 16.6 Å². The van der Waals surface area contributed by atoms with Gasteiger partial charge in [0, 0.05) is 6.20 Å². The number of ketones is 1. The van der Waals surface area contributed by atoms with Crippen LogP contribution in [0.3, 0.4) is 0 Å². The van der Waals surface area contributed by atoms with Crippen molar-refractivity contribution in [3.63, 3.8) is 0 Å². The zero-order chi connectivity index (χ0) is 14.1. The Balaban J connectivity index is 1.88. The Morgan fingerprint density at radius 1 is 1.25 bits per heavy atom. The van der Waals surface area contributed by atoms with E-state index in [2.05, 4.69) is 9.97 Å². The van der Waals surface area contributed by atoms with Crippen LogP contribution in [0.4, 0.5) is 0 Å². The Labute approximate surface area is 121 Å². The SMILES string of the molecule is Cc1cnc(C(=O)Cc2nc3ccccc3s2)c(C)c1. The van der Waals surface area contributed by atoms with Gasteiger partial charge in [0.1, 0.15) is 10.7 Å². The predicted molar refractivity (Wildman–Crippen MR) is 81.4 cm³/mol. The normalized spacial score (nSPS) is 10.9. The van der Waals surface area contributed by atoms with Crippen LogP contribution in [0.25, 0.3) is 10.2 Å². The fraction of sp³-hybridized carbons (Fsp3) is 0.188. The molecule has 0 spiro atoms. The monoisotopic (exact) mass is 282 g/mol. The molecule has 0 unspecified atom stereocenters. The number of nitrogens with zero attached hydrogens (tertiary/aromatic N) is 2. The van der Waals surface area contributed by atoms with E-state index >= 15 is 0 Å². The number of benzene rings is 1. The number of carbonyl (C=O) groups is 1. The molecule has 0 aliphatic heterocycles. The summed E-state index contributed by atoms with van der Waals surface area (Å²) in [5.41, 5.74) is 3.50. The first-order valence-electron chi connectivity index (χ1n) is 6.44. The molecule has 100 valence electrons. The average Bonchev–Trinajstić information content (AvgIpc) is 2.80. The van der Waals surface area contributed by atoms with Crippen LogP contribution >= 0.6 is 11.3 Å². The van der Waals surface area contributed by atoms with Crippen molar-refractivity contribution in [3.05, 3.63) is 58.4 Å². The lowest BCUT2D eigenvalue weighted by molar-refractivity contribution is 0.0987. The molecule has 1 aromatic carbocycles. The van der Waals surface area contributed by atoms with E-state index in [0.29, 0.717) is 12.1 Å². The van der Waals surface area contributed by atoms with Crippen molar-refractivity contribution in [1.82, 2.24) is 9.97 Å². The van der Waals surface area contributed by atoms with Gasteiger partial charge in [-0.3, -0.25) is 9.78 Å². The van der Waals surface area contributed by atoms with E-state index in [-0.39, 0.29) is 5.78 Å². The summed E-state index contributed by atoms with van der Waals surface area (Å²) in [5.74, 6) is 0.0292. The van der Waals surface area contributed by atoms with Crippen molar-refractivity contribution < 1.29 is 4.79 Å². The Kier molecular flexibility index (Phi) is 3.32. The molecule has 0 atom stereocenters. The van der Waals surface area contributed by atoms with Crippen LogP contribution in [0.2, 0.25) is 0 Å². The number of carbonyl (C=O) groups excluding carboxylic acids is 1. The fourth-order valence-electron chi connectivity index (χ4n) is 2.22. The zero-order valence-corrected chi connectivity index (χ0v) is 12.2. The van der Waals surface area contributed by atoms with Crippen LogP contribution in [-0.4, -0.2) is 15.8 Å². The fourth-order valence-corrected chi connectivity index (χ4v) is 3.19. The molecular weight excluding hydrogens is 268 g/mol. The van der Waals surface area contributed by atoms with Gasteiger partial charge in [-0.25, -0.2) is 4.98 Å². The largest absolute Gasteiger partial charge is 0.292 e. The second kappa shape index (κ2) is 5.13. The molecule has 0 saturated carbocycles. The van der Waals surface area contributed by atoms with E-state index in [1.165, 1.54) is 0 Å². The van der Waals surface area contributed by atoms with Gasteiger partial charge in [0.2, 0.25) is 0 Å². The quantitative estimate of drug-likeness (QED) is 0.687. The number of rotatable bonds is 3. The highest BCUT2D eigenvalue weighted by Gasteiger charge is 2.14. The molecule has 0 amide bonds. The smallest absolute Gasteiger partial charge is 0.188 e. The van der Waals surface area contributed by atoms with E-state index in [4.69, 9.17) is 0 Å². The van der Waals surface area contributed by atoms with Crippen LogP contribution in [0.1, 0.15) is 26.6 Å². The Morgan fingerprint density at radius 3 is 2.80 bits per heavy atom. The van der Waals surface area contributed by atoms with Crippen molar-refractivity contribution in [2.75, 3.05) is 0 Å². The lowest BCUT2D eigenvalue weighted by atomic mass is 10.1. The van der Waals surface area contributed by atoms with Gasteiger partial charge in [-0.2, -0.15) is 0 Å². The van der Waals surface area contributed by atoms with E-state index in [1.54, 1.807) is 17.5 Å². The second-order valence-corrected chi connectivity index (χ2v) is 5.97. The molecule has 0 aliphatic rings. The summed E-state index contributed by atoms with van der Waals surface area (Å²) >= 11 is 1.57. The number of fused-ring (bicyclic) bond motifs is 1. The zero-order valence-electron chi connectivity index (χ0n) is 11.4. The van der Waals surface area contributed by atoms with Crippen LogP contribution in [0.5, 0.6) is 0 Å². The van der Waals surface area contributed by atoms with Gasteiger partial charge in [0.15, 0.2) is 5.78 Å². The van der Waals surface area contributed by atoms with Gasteiger partial charge >= 0.3 is 0 Å². The van der Waals surface area contributed by atoms with Crippen LogP contribution in [0, 0.1) is 13.8 Å². The maximum absolute atomic E-state index is 12.3. The molecule has 0 radical (unpaired) electrons. The molecule has 0 aliphatic carbocycles. The number of pyridine rings is 1. The number of para-hydroxylation sites is 1. The summed E-state index contributed by atoms with van der Waals surface area (Å²) < 4.78 is 1.11. The summed E-state index contributed by atoms with van der Waals surface area (Å²) in [6.45, 7) is 3.90. The third kappa shape index (κ3) is 2.47. The number of hydrogen-bond acceptors (Lipinski definition) is 4. The highest BCUT2D eigenvalue weighted by Crippen LogP contribution is 2.22. The van der Waals surface area contributed by atoms with Crippen LogP contribution in [-0.2, 0) is 6.42 Å². The molecule has 3 rings (SSSR count). The topological polar surface area (TPSA) is 42.9 Å². The molecule has 2 heterocycles.